The van der Waals surface area contributed by atoms with Crippen LogP contribution in [-0.4, -0.2) is 169 Å². The standard InChI is InChI=1S/C59H81N15O14S/c1-4-33(2)49(74-50(79)39(60)26-36-17-19-38(75)20-18-36)57(86)73-44(28-35-14-9-6-10-15-35)54(83)71-45(29-37-31-64-32-66-37)55(84)72-46(30-47(61)76)56(85)70-43(27-34-12-7-5-8-13-34)53(82)68-41(23-25-89-3)52(81)67-40(21-22-48(77)78)51(80)69-42(58(87)88)16-11-24-65-59(62)63/h5-10,12-15,17-20,31-33,39-46,49,75H,4,11,16,21-30,60H2,1-3H3,(H2,61,76)(H,64,66)(H,67,81)(H,68,82)(H,69,80)(H,70,85)(H,71,83)(H,72,84)(H,73,86)(H,74,79)(H,77,78)(H,87,88)(H4,62,63,65)/t33-,39-,40-,41-,42-,43-,44-,45-,46-,49-/m0/s1. The van der Waals surface area contributed by atoms with E-state index in [1.165, 1.54) is 36.4 Å². The number of carboxylic acids is 2. The van der Waals surface area contributed by atoms with Gasteiger partial charge >= 0.3 is 11.9 Å². The predicted molar refractivity (Wildman–Crippen MR) is 328 cm³/mol. The summed E-state index contributed by atoms with van der Waals surface area (Å²) in [4.78, 5) is 161. The smallest absolute Gasteiger partial charge is 0.326 e. The number of guanidine groups is 1. The minimum absolute atomic E-state index is 0.0219. The number of aromatic hydroxyl groups is 1. The molecule has 9 amide bonds. The molecule has 0 saturated carbocycles. The molecule has 0 spiro atoms. The predicted octanol–water partition coefficient (Wildman–Crippen LogP) is -1.73. The van der Waals surface area contributed by atoms with E-state index in [1.807, 2.05) is 0 Å². The van der Waals surface area contributed by atoms with Gasteiger partial charge in [-0.3, -0.25) is 52.9 Å². The van der Waals surface area contributed by atoms with Crippen molar-refractivity contribution >= 4 is 82.8 Å². The number of imidazole rings is 1. The number of phenols is 1. The van der Waals surface area contributed by atoms with Crippen LogP contribution in [-0.2, 0) is 78.4 Å². The topological polar surface area (TPSA) is 490 Å². The third-order valence-corrected chi connectivity index (χ3v) is 14.7. The van der Waals surface area contributed by atoms with Gasteiger partial charge < -0.3 is 85.8 Å². The molecule has 1 aromatic heterocycles. The van der Waals surface area contributed by atoms with Gasteiger partial charge in [0.2, 0.25) is 53.2 Å². The van der Waals surface area contributed by atoms with E-state index >= 15 is 0 Å². The number of aliphatic imine (C=N–C) groups is 1. The molecule has 482 valence electrons. The molecule has 20 N–H and O–H groups in total. The number of nitrogens with zero attached hydrogens (tertiary/aromatic N) is 2. The largest absolute Gasteiger partial charge is 0.508 e. The Labute approximate surface area is 518 Å². The summed E-state index contributed by atoms with van der Waals surface area (Å²) in [5.74, 6) is -11.7. The lowest BCUT2D eigenvalue weighted by Crippen LogP contribution is -2.61. The summed E-state index contributed by atoms with van der Waals surface area (Å²) in [7, 11) is 0. The van der Waals surface area contributed by atoms with Crippen molar-refractivity contribution in [2.45, 2.75) is 139 Å². The number of benzene rings is 3. The number of nitrogens with two attached hydrogens (primary N) is 4. The van der Waals surface area contributed by atoms with E-state index in [-0.39, 0.29) is 69.0 Å². The van der Waals surface area contributed by atoms with Gasteiger partial charge in [-0.1, -0.05) is 93.1 Å². The van der Waals surface area contributed by atoms with Crippen LogP contribution in [0.25, 0.3) is 0 Å². The number of amides is 9. The van der Waals surface area contributed by atoms with Crippen LogP contribution in [0.1, 0.15) is 81.2 Å². The number of carbonyl (C=O) groups is 11. The van der Waals surface area contributed by atoms with Crippen LogP contribution in [0, 0.1) is 5.92 Å². The number of hydrogen-bond acceptors (Lipinski definition) is 16. The van der Waals surface area contributed by atoms with Crippen molar-refractivity contribution in [3.63, 3.8) is 0 Å². The Morgan fingerprint density at radius 3 is 1.53 bits per heavy atom. The maximum absolute atomic E-state index is 14.7. The van der Waals surface area contributed by atoms with E-state index in [9.17, 15) is 68.1 Å². The fraction of sp³-hybridized carbons (Fsp3) is 0.441. The molecule has 89 heavy (non-hydrogen) atoms. The van der Waals surface area contributed by atoms with Gasteiger partial charge in [-0.05, 0) is 78.9 Å². The second-order valence-electron chi connectivity index (χ2n) is 21.1. The second kappa shape index (κ2) is 37.2. The average molecular weight is 1260 g/mol. The Balaban J connectivity index is 1.62. The highest BCUT2D eigenvalue weighted by Gasteiger charge is 2.37. The van der Waals surface area contributed by atoms with Gasteiger partial charge in [-0.25, -0.2) is 9.78 Å². The molecule has 0 bridgehead atoms. The molecule has 29 nitrogen and oxygen atoms in total. The molecule has 0 aliphatic rings. The van der Waals surface area contributed by atoms with Crippen LogP contribution >= 0.6 is 11.8 Å². The fourth-order valence-electron chi connectivity index (χ4n) is 8.99. The Hall–Kier alpha value is -9.58. The van der Waals surface area contributed by atoms with Crippen molar-refractivity contribution in [1.82, 2.24) is 52.5 Å². The number of carboxylic acid groups (broad SMARTS) is 2. The van der Waals surface area contributed by atoms with E-state index in [1.54, 1.807) is 92.9 Å². The van der Waals surface area contributed by atoms with Gasteiger partial charge in [0, 0.05) is 44.1 Å². The number of rotatable bonds is 39. The molecule has 0 saturated heterocycles. The maximum Gasteiger partial charge on any atom is 0.326 e. The highest BCUT2D eigenvalue weighted by molar-refractivity contribution is 7.98. The van der Waals surface area contributed by atoms with Crippen LogP contribution in [0.15, 0.2) is 102 Å². The van der Waals surface area contributed by atoms with Crippen LogP contribution in [0.5, 0.6) is 5.75 Å². The third kappa shape index (κ3) is 25.7. The zero-order chi connectivity index (χ0) is 65.6. The molecule has 0 aliphatic heterocycles. The van der Waals surface area contributed by atoms with Crippen molar-refractivity contribution < 1.29 is 68.1 Å². The molecule has 30 heteroatoms. The number of primary amides is 1. The summed E-state index contributed by atoms with van der Waals surface area (Å²) in [5, 5.41) is 49.7. The molecule has 4 aromatic rings. The molecule has 0 fully saturated rings. The van der Waals surface area contributed by atoms with E-state index in [0.29, 0.717) is 28.8 Å². The van der Waals surface area contributed by atoms with Crippen molar-refractivity contribution in [2.24, 2.45) is 33.8 Å². The summed E-state index contributed by atoms with van der Waals surface area (Å²) < 4.78 is 0. The highest BCUT2D eigenvalue weighted by atomic mass is 32.2. The van der Waals surface area contributed by atoms with Gasteiger partial charge in [0.05, 0.1) is 18.8 Å². The first-order valence-electron chi connectivity index (χ1n) is 28.7. The van der Waals surface area contributed by atoms with Gasteiger partial charge in [0.15, 0.2) is 5.96 Å². The molecule has 0 unspecified atom stereocenters. The molecular formula is C59H81N15O14S. The summed E-state index contributed by atoms with van der Waals surface area (Å²) in [5.41, 5.74) is 24.7. The van der Waals surface area contributed by atoms with Crippen LogP contribution < -0.4 is 65.5 Å². The second-order valence-corrected chi connectivity index (χ2v) is 22.1. The number of phenolic OH excluding ortho intramolecular Hbond substituents is 1. The highest BCUT2D eigenvalue weighted by Crippen LogP contribution is 2.15. The summed E-state index contributed by atoms with van der Waals surface area (Å²) in [6.45, 7) is 3.56. The minimum atomic E-state index is -1.82. The SMILES string of the molecule is CC[C@H](C)[C@H](NC(=O)[C@@H](N)Cc1ccc(O)cc1)C(=O)N[C@@H](Cc1ccccc1)C(=O)N[C@@H](Cc1cnc[nH]1)C(=O)N[C@@H](CC(N)=O)C(=O)N[C@@H](Cc1ccccc1)C(=O)N[C@@H](CCSC)C(=O)N[C@@H](CCC(=O)O)C(=O)N[C@@H](CCCN=C(N)N)C(=O)O. The average Bonchev–Trinajstić information content (AvgIpc) is 3.25. The van der Waals surface area contributed by atoms with Crippen LogP contribution in [0.2, 0.25) is 0 Å². The number of aromatic amines is 1. The number of aromatic nitrogens is 2. The van der Waals surface area contributed by atoms with Gasteiger partial charge in [-0.2, -0.15) is 11.8 Å². The number of aliphatic carboxylic acids is 2. The Morgan fingerprint density at radius 2 is 1.04 bits per heavy atom. The van der Waals surface area contributed by atoms with E-state index < -0.39 is 145 Å². The Morgan fingerprint density at radius 1 is 0.573 bits per heavy atom. The lowest BCUT2D eigenvalue weighted by Gasteiger charge is -2.29. The van der Waals surface area contributed by atoms with Crippen molar-refractivity contribution in [3.8, 4) is 5.75 Å². The molecule has 0 aliphatic carbocycles. The molecule has 3 aromatic carbocycles. The summed E-state index contributed by atoms with van der Waals surface area (Å²) in [6.07, 6.45) is 2.16. The number of hydrogen-bond donors (Lipinski definition) is 16. The first-order chi connectivity index (χ1) is 42.4. The third-order valence-electron chi connectivity index (χ3n) is 14.1. The fourth-order valence-corrected chi connectivity index (χ4v) is 9.46. The normalized spacial score (nSPS) is 14.3. The monoisotopic (exact) mass is 1260 g/mol. The quantitative estimate of drug-likeness (QED) is 0.0134. The Bertz CT molecular complexity index is 3030. The van der Waals surface area contributed by atoms with Crippen molar-refractivity contribution in [3.05, 3.63) is 120 Å². The van der Waals surface area contributed by atoms with Gasteiger partial charge in [-0.15, -0.1) is 0 Å². The lowest BCUT2D eigenvalue weighted by molar-refractivity contribution is -0.143. The summed E-state index contributed by atoms with van der Waals surface area (Å²) in [6, 6.07) is 9.73. The van der Waals surface area contributed by atoms with E-state index in [2.05, 4.69) is 57.5 Å². The zero-order valence-electron chi connectivity index (χ0n) is 49.6. The molecule has 1 heterocycles. The number of thioether (sulfide) groups is 1. The van der Waals surface area contributed by atoms with Crippen molar-refractivity contribution in [2.75, 3.05) is 18.6 Å². The minimum Gasteiger partial charge on any atom is -0.508 e. The maximum atomic E-state index is 14.7. The molecule has 4 rings (SSSR count). The van der Waals surface area contributed by atoms with Gasteiger partial charge in [0.25, 0.3) is 0 Å². The van der Waals surface area contributed by atoms with Gasteiger partial charge in [0.1, 0.15) is 54.1 Å². The molecule has 10 atom stereocenters. The molecular weight excluding hydrogens is 1170 g/mol. The first kappa shape index (κ1) is 71.9. The van der Waals surface area contributed by atoms with Crippen LogP contribution in [0.3, 0.4) is 0 Å². The number of H-pyrrole nitrogens is 1. The Kier molecular flexibility index (Phi) is 30.0. The van der Waals surface area contributed by atoms with E-state index in [4.69, 9.17) is 22.9 Å². The molecule has 0 radical (unpaired) electrons. The first-order valence-corrected chi connectivity index (χ1v) is 30.1. The zero-order valence-corrected chi connectivity index (χ0v) is 50.5. The number of carbonyl (C=O) groups excluding carboxylic acids is 9. The lowest BCUT2D eigenvalue weighted by atomic mass is 9.96. The number of nitrogens with one attached hydrogen (secondary N) is 9. The van der Waals surface area contributed by atoms with Crippen LogP contribution in [0.4, 0.5) is 0 Å². The van der Waals surface area contributed by atoms with Crippen molar-refractivity contribution in [1.29, 1.82) is 0 Å². The van der Waals surface area contributed by atoms with E-state index in [0.717, 1.165) is 0 Å². The summed E-state index contributed by atoms with van der Waals surface area (Å²) >= 11 is 1.28.